The van der Waals surface area contributed by atoms with E-state index in [1.807, 2.05) is 24.3 Å². The van der Waals surface area contributed by atoms with E-state index >= 15 is 0 Å². The topological polar surface area (TPSA) is 126 Å². The maximum atomic E-state index is 12.8. The van der Waals surface area contributed by atoms with Crippen molar-refractivity contribution < 1.29 is 19.5 Å². The Morgan fingerprint density at radius 3 is 2.03 bits per heavy atom. The molecule has 0 unspecified atom stereocenters. The first-order valence-corrected chi connectivity index (χ1v) is 11.1. The van der Waals surface area contributed by atoms with Crippen molar-refractivity contribution >= 4 is 40.9 Å². The van der Waals surface area contributed by atoms with Gasteiger partial charge in [-0.05, 0) is 74.4 Å². The van der Waals surface area contributed by atoms with Gasteiger partial charge in [-0.15, -0.1) is 0 Å². The molecular formula is C26H25N5O4. The third-order valence-corrected chi connectivity index (χ3v) is 5.58. The minimum absolute atomic E-state index is 0.0880. The molecule has 2 aromatic rings. The Morgan fingerprint density at radius 2 is 1.54 bits per heavy atom. The molecule has 0 fully saturated rings. The Kier molecular flexibility index (Phi) is 7.89. The van der Waals surface area contributed by atoms with E-state index in [0.29, 0.717) is 21.8 Å². The van der Waals surface area contributed by atoms with Crippen molar-refractivity contribution in [2.45, 2.75) is 20.8 Å². The molecule has 0 bridgehead atoms. The van der Waals surface area contributed by atoms with Gasteiger partial charge in [-0.2, -0.15) is 15.5 Å². The fourth-order valence-electron chi connectivity index (χ4n) is 3.65. The molecule has 0 saturated heterocycles. The van der Waals surface area contributed by atoms with E-state index in [0.717, 1.165) is 18.8 Å². The molecule has 9 heteroatoms. The van der Waals surface area contributed by atoms with Crippen molar-refractivity contribution in [3.63, 3.8) is 0 Å². The number of nitriles is 1. The van der Waals surface area contributed by atoms with Gasteiger partial charge in [0, 0.05) is 24.4 Å². The van der Waals surface area contributed by atoms with Crippen LogP contribution in [-0.4, -0.2) is 47.4 Å². The maximum absolute atomic E-state index is 12.8. The van der Waals surface area contributed by atoms with Crippen LogP contribution in [-0.2, 0) is 14.4 Å². The fraction of sp³-hybridized carbons (Fsp3) is 0.231. The number of amides is 2. The molecule has 1 aliphatic heterocycles. The van der Waals surface area contributed by atoms with Crippen molar-refractivity contribution in [1.29, 1.82) is 5.26 Å². The third kappa shape index (κ3) is 5.68. The van der Waals surface area contributed by atoms with Gasteiger partial charge in [0.25, 0.3) is 11.8 Å². The first-order chi connectivity index (χ1) is 16.8. The average Bonchev–Trinajstić information content (AvgIpc) is 2.85. The molecule has 1 N–H and O–H groups in total. The number of benzene rings is 2. The standard InChI is InChI=1S/C26H25N5O4/c1-4-30(5-2)21-12-10-20(11-13-21)29-28-19-8-6-18(7-9-19)14-22-17(3)23(15-27)26(35)31(25(22)34)16-24(32)33/h6-14H,4-5,16H2,1-3H3,(H,32,33)/b22-14-,29-28+. The number of azo groups is 1. The van der Waals surface area contributed by atoms with Crippen molar-refractivity contribution in [3.8, 4) is 6.07 Å². The minimum atomic E-state index is -1.35. The Bertz CT molecular complexity index is 1260. The van der Waals surface area contributed by atoms with Crippen LogP contribution in [0.5, 0.6) is 0 Å². The lowest BCUT2D eigenvalue weighted by atomic mass is 9.93. The molecule has 1 heterocycles. The first kappa shape index (κ1) is 25.1. The van der Waals surface area contributed by atoms with Crippen LogP contribution >= 0.6 is 0 Å². The normalized spacial score (nSPS) is 15.1. The molecule has 2 amide bonds. The number of nitrogens with zero attached hydrogens (tertiary/aromatic N) is 5. The zero-order chi connectivity index (χ0) is 25.5. The lowest BCUT2D eigenvalue weighted by Crippen LogP contribution is -2.45. The zero-order valence-corrected chi connectivity index (χ0v) is 19.7. The van der Waals surface area contributed by atoms with Crippen molar-refractivity contribution in [3.05, 3.63) is 70.8 Å². The molecule has 0 aliphatic carbocycles. The number of imide groups is 1. The van der Waals surface area contributed by atoms with Crippen molar-refractivity contribution in [2.75, 3.05) is 24.5 Å². The summed E-state index contributed by atoms with van der Waals surface area (Å²) >= 11 is 0. The average molecular weight is 472 g/mol. The van der Waals surface area contributed by atoms with Gasteiger partial charge < -0.3 is 10.0 Å². The molecule has 0 atom stereocenters. The maximum Gasteiger partial charge on any atom is 0.323 e. The van der Waals surface area contributed by atoms with Crippen LogP contribution < -0.4 is 4.90 Å². The van der Waals surface area contributed by atoms with E-state index in [-0.39, 0.29) is 16.7 Å². The second kappa shape index (κ2) is 11.0. The van der Waals surface area contributed by atoms with Gasteiger partial charge in [0.15, 0.2) is 0 Å². The predicted molar refractivity (Wildman–Crippen MR) is 131 cm³/mol. The summed E-state index contributed by atoms with van der Waals surface area (Å²) < 4.78 is 0. The van der Waals surface area contributed by atoms with Crippen LogP contribution in [0.4, 0.5) is 17.1 Å². The second-order valence-corrected chi connectivity index (χ2v) is 7.74. The van der Waals surface area contributed by atoms with Gasteiger partial charge in [-0.25, -0.2) is 0 Å². The first-order valence-electron chi connectivity index (χ1n) is 11.1. The van der Waals surface area contributed by atoms with E-state index in [2.05, 4.69) is 29.0 Å². The summed E-state index contributed by atoms with van der Waals surface area (Å²) in [7, 11) is 0. The Hall–Kier alpha value is -4.58. The van der Waals surface area contributed by atoms with E-state index in [4.69, 9.17) is 5.11 Å². The summed E-state index contributed by atoms with van der Waals surface area (Å²) in [5.41, 5.74) is 3.10. The molecule has 0 aromatic heterocycles. The number of carboxylic acid groups (broad SMARTS) is 1. The van der Waals surface area contributed by atoms with Crippen LogP contribution in [0.2, 0.25) is 0 Å². The number of hydrogen-bond acceptors (Lipinski definition) is 7. The number of aliphatic carboxylic acids is 1. The number of hydrogen-bond donors (Lipinski definition) is 1. The third-order valence-electron chi connectivity index (χ3n) is 5.58. The Morgan fingerprint density at radius 1 is 1.00 bits per heavy atom. The van der Waals surface area contributed by atoms with Gasteiger partial charge in [-0.3, -0.25) is 19.3 Å². The van der Waals surface area contributed by atoms with Crippen LogP contribution in [0.25, 0.3) is 6.08 Å². The lowest BCUT2D eigenvalue weighted by Gasteiger charge is -2.26. The highest BCUT2D eigenvalue weighted by atomic mass is 16.4. The molecule has 0 radical (unpaired) electrons. The SMILES string of the molecule is CCN(CC)c1ccc(/N=N/c2ccc(/C=C3\C(=O)N(CC(=O)O)C(=O)C(C#N)=C3C)cc2)cc1. The van der Waals surface area contributed by atoms with Gasteiger partial charge >= 0.3 is 5.97 Å². The largest absolute Gasteiger partial charge is 0.480 e. The van der Waals surface area contributed by atoms with E-state index in [1.54, 1.807) is 30.3 Å². The van der Waals surface area contributed by atoms with Crippen LogP contribution in [0.15, 0.2) is 75.5 Å². The quantitative estimate of drug-likeness (QED) is 0.340. The highest BCUT2D eigenvalue weighted by Gasteiger charge is 2.36. The lowest BCUT2D eigenvalue weighted by molar-refractivity contribution is -0.149. The minimum Gasteiger partial charge on any atom is -0.480 e. The highest BCUT2D eigenvalue weighted by Crippen LogP contribution is 2.28. The van der Waals surface area contributed by atoms with Crippen molar-refractivity contribution in [1.82, 2.24) is 4.90 Å². The van der Waals surface area contributed by atoms with Gasteiger partial charge in [-0.1, -0.05) is 12.1 Å². The molecule has 35 heavy (non-hydrogen) atoms. The van der Waals surface area contributed by atoms with Crippen molar-refractivity contribution in [2.24, 2.45) is 10.2 Å². The molecule has 9 nitrogen and oxygen atoms in total. The van der Waals surface area contributed by atoms with Crippen LogP contribution in [0.1, 0.15) is 26.3 Å². The molecule has 3 rings (SSSR count). The van der Waals surface area contributed by atoms with E-state index in [9.17, 15) is 19.6 Å². The summed E-state index contributed by atoms with van der Waals surface area (Å²) in [5, 5.41) is 26.9. The van der Waals surface area contributed by atoms with Gasteiger partial charge in [0.05, 0.1) is 11.4 Å². The summed E-state index contributed by atoms with van der Waals surface area (Å²) in [6, 6.07) is 16.5. The van der Waals surface area contributed by atoms with E-state index in [1.165, 1.54) is 13.0 Å². The number of rotatable bonds is 8. The Balaban J connectivity index is 1.81. The summed E-state index contributed by atoms with van der Waals surface area (Å²) in [5.74, 6) is -3.01. The monoisotopic (exact) mass is 471 g/mol. The number of carbonyl (C=O) groups is 3. The molecule has 1 aliphatic rings. The number of anilines is 1. The molecule has 0 saturated carbocycles. The van der Waals surface area contributed by atoms with E-state index < -0.39 is 24.3 Å². The predicted octanol–water partition coefficient (Wildman–Crippen LogP) is 4.63. The van der Waals surface area contributed by atoms with Gasteiger partial charge in [0.2, 0.25) is 0 Å². The van der Waals surface area contributed by atoms with Crippen LogP contribution in [0, 0.1) is 11.3 Å². The number of carbonyl (C=O) groups excluding carboxylic acids is 2. The highest BCUT2D eigenvalue weighted by molar-refractivity contribution is 6.20. The molecular weight excluding hydrogens is 446 g/mol. The number of carboxylic acids is 1. The van der Waals surface area contributed by atoms with Crippen LogP contribution in [0.3, 0.4) is 0 Å². The molecule has 2 aromatic carbocycles. The zero-order valence-electron chi connectivity index (χ0n) is 19.7. The second-order valence-electron chi connectivity index (χ2n) is 7.74. The summed E-state index contributed by atoms with van der Waals surface area (Å²) in [6.45, 7) is 6.73. The summed E-state index contributed by atoms with van der Waals surface area (Å²) in [6.07, 6.45) is 1.52. The smallest absolute Gasteiger partial charge is 0.323 e. The Labute approximate surface area is 203 Å². The summed E-state index contributed by atoms with van der Waals surface area (Å²) in [4.78, 5) is 39.0. The fourth-order valence-corrected chi connectivity index (χ4v) is 3.65. The van der Waals surface area contributed by atoms with Gasteiger partial charge in [0.1, 0.15) is 18.2 Å². The molecule has 178 valence electrons. The molecule has 0 spiro atoms.